The fraction of sp³-hybridized carbons (Fsp3) is 0.300. The molecule has 4 nitrogen and oxygen atoms in total. The second-order valence-electron chi connectivity index (χ2n) is 3.06. The number of carbonyl (C=O) groups excluding carboxylic acids is 1. The van der Waals surface area contributed by atoms with Crippen LogP contribution >= 0.6 is 11.6 Å². The maximum Gasteiger partial charge on any atom is 0.181 e. The number of hydrogen-bond acceptors (Lipinski definition) is 4. The number of nitrogens with two attached hydrogens (primary N) is 1. The lowest BCUT2D eigenvalue weighted by Crippen LogP contribution is -2.14. The quantitative estimate of drug-likeness (QED) is 0.771. The zero-order chi connectivity index (χ0) is 11.6. The summed E-state index contributed by atoms with van der Waals surface area (Å²) < 4.78 is 4.91. The SMILES string of the molecule is COc1cc(C)c(Cl)c(C(=O)CN)c1O. The van der Waals surface area contributed by atoms with Gasteiger partial charge in [0.1, 0.15) is 0 Å². The number of aromatic hydroxyl groups is 1. The molecule has 0 fully saturated rings. The zero-order valence-electron chi connectivity index (χ0n) is 8.50. The maximum atomic E-state index is 11.5. The van der Waals surface area contributed by atoms with E-state index in [4.69, 9.17) is 22.1 Å². The van der Waals surface area contributed by atoms with Crippen LogP contribution in [0, 0.1) is 6.92 Å². The van der Waals surface area contributed by atoms with E-state index in [0.29, 0.717) is 5.56 Å². The molecule has 3 N–H and O–H groups in total. The summed E-state index contributed by atoms with van der Waals surface area (Å²) in [4.78, 5) is 11.5. The molecule has 0 unspecified atom stereocenters. The van der Waals surface area contributed by atoms with E-state index in [1.165, 1.54) is 7.11 Å². The molecule has 0 aromatic heterocycles. The standard InChI is InChI=1S/C10H12ClNO3/c1-5-3-7(15-2)10(14)8(9(5)11)6(13)4-12/h3,14H,4,12H2,1-2H3. The van der Waals surface area contributed by atoms with Gasteiger partial charge in [-0.3, -0.25) is 4.79 Å². The molecular formula is C10H12ClNO3. The molecule has 0 aliphatic heterocycles. The Morgan fingerprint density at radius 2 is 2.27 bits per heavy atom. The highest BCUT2D eigenvalue weighted by molar-refractivity contribution is 6.35. The summed E-state index contributed by atoms with van der Waals surface area (Å²) in [6.45, 7) is 1.51. The summed E-state index contributed by atoms with van der Waals surface area (Å²) in [5.74, 6) is -0.461. The van der Waals surface area contributed by atoms with E-state index in [9.17, 15) is 9.90 Å². The molecular weight excluding hydrogens is 218 g/mol. The third kappa shape index (κ3) is 2.06. The van der Waals surface area contributed by atoms with E-state index in [1.807, 2.05) is 0 Å². The monoisotopic (exact) mass is 229 g/mol. The molecule has 15 heavy (non-hydrogen) atoms. The first-order chi connectivity index (χ1) is 7.02. The third-order valence-corrected chi connectivity index (χ3v) is 2.55. The minimum atomic E-state index is -0.417. The average molecular weight is 230 g/mol. The van der Waals surface area contributed by atoms with Gasteiger partial charge < -0.3 is 15.6 Å². The van der Waals surface area contributed by atoms with Gasteiger partial charge in [0.15, 0.2) is 17.3 Å². The molecule has 0 aliphatic carbocycles. The summed E-state index contributed by atoms with van der Waals surface area (Å²) in [6, 6.07) is 1.56. The minimum absolute atomic E-state index is 0.0241. The molecule has 1 aromatic carbocycles. The number of phenols is 1. The molecule has 1 aromatic rings. The number of carbonyl (C=O) groups is 1. The number of benzene rings is 1. The van der Waals surface area contributed by atoms with E-state index in [0.717, 1.165) is 0 Å². The molecule has 0 aliphatic rings. The Labute approximate surface area is 92.6 Å². The first-order valence-corrected chi connectivity index (χ1v) is 4.70. The Bertz CT molecular complexity index is 404. The van der Waals surface area contributed by atoms with Crippen LogP contribution in [0.2, 0.25) is 5.02 Å². The van der Waals surface area contributed by atoms with Gasteiger partial charge in [0, 0.05) is 0 Å². The highest BCUT2D eigenvalue weighted by Crippen LogP contribution is 2.37. The van der Waals surface area contributed by atoms with Crippen molar-refractivity contribution in [2.24, 2.45) is 5.73 Å². The first kappa shape index (κ1) is 11.8. The van der Waals surface area contributed by atoms with E-state index in [1.54, 1.807) is 13.0 Å². The largest absolute Gasteiger partial charge is 0.504 e. The van der Waals surface area contributed by atoms with Crippen LogP contribution in [0.1, 0.15) is 15.9 Å². The van der Waals surface area contributed by atoms with Gasteiger partial charge in [-0.05, 0) is 18.6 Å². The van der Waals surface area contributed by atoms with Crippen molar-refractivity contribution in [3.63, 3.8) is 0 Å². The molecule has 0 bridgehead atoms. The van der Waals surface area contributed by atoms with Crippen molar-refractivity contribution < 1.29 is 14.6 Å². The normalized spacial score (nSPS) is 10.1. The summed E-state index contributed by atoms with van der Waals surface area (Å²) >= 11 is 5.91. The van der Waals surface area contributed by atoms with Crippen LogP contribution in [-0.4, -0.2) is 24.5 Å². The van der Waals surface area contributed by atoms with Crippen LogP contribution in [0.25, 0.3) is 0 Å². The van der Waals surface area contributed by atoms with Gasteiger partial charge in [-0.1, -0.05) is 11.6 Å². The lowest BCUT2D eigenvalue weighted by atomic mass is 10.1. The number of Topliss-reactive ketones (excluding diaryl/α,β-unsaturated/α-hetero) is 1. The Hall–Kier alpha value is -1.26. The summed E-state index contributed by atoms with van der Waals surface area (Å²) in [5.41, 5.74) is 5.90. The Kier molecular flexibility index (Phi) is 3.55. The smallest absolute Gasteiger partial charge is 0.181 e. The average Bonchev–Trinajstić information content (AvgIpc) is 2.23. The summed E-state index contributed by atoms with van der Waals surface area (Å²) in [6.07, 6.45) is 0. The van der Waals surface area contributed by atoms with Crippen LogP contribution in [0.5, 0.6) is 11.5 Å². The Morgan fingerprint density at radius 3 is 2.73 bits per heavy atom. The predicted molar refractivity (Wildman–Crippen MR) is 57.8 cm³/mol. The predicted octanol–water partition coefficient (Wildman–Crippen LogP) is 1.50. The van der Waals surface area contributed by atoms with Crippen LogP contribution in [0.3, 0.4) is 0 Å². The molecule has 0 atom stereocenters. The van der Waals surface area contributed by atoms with Gasteiger partial charge in [-0.15, -0.1) is 0 Å². The molecule has 1 rings (SSSR count). The lowest BCUT2D eigenvalue weighted by molar-refractivity contribution is 0.0998. The van der Waals surface area contributed by atoms with Gasteiger partial charge in [0.25, 0.3) is 0 Å². The first-order valence-electron chi connectivity index (χ1n) is 4.32. The van der Waals surface area contributed by atoms with Gasteiger partial charge in [-0.25, -0.2) is 0 Å². The maximum absolute atomic E-state index is 11.5. The molecule has 0 radical (unpaired) electrons. The van der Waals surface area contributed by atoms with E-state index >= 15 is 0 Å². The summed E-state index contributed by atoms with van der Waals surface area (Å²) in [7, 11) is 1.40. The molecule has 0 spiro atoms. The molecule has 0 amide bonds. The highest BCUT2D eigenvalue weighted by Gasteiger charge is 2.20. The van der Waals surface area contributed by atoms with Crippen molar-refractivity contribution in [3.05, 3.63) is 22.2 Å². The van der Waals surface area contributed by atoms with Crippen molar-refractivity contribution in [2.75, 3.05) is 13.7 Å². The van der Waals surface area contributed by atoms with Crippen molar-refractivity contribution in [1.82, 2.24) is 0 Å². The second kappa shape index (κ2) is 4.51. The van der Waals surface area contributed by atoms with Crippen molar-refractivity contribution >= 4 is 17.4 Å². The van der Waals surface area contributed by atoms with E-state index < -0.39 is 5.78 Å². The number of ether oxygens (including phenoxy) is 1. The van der Waals surface area contributed by atoms with Crippen LogP contribution in [0.4, 0.5) is 0 Å². The van der Waals surface area contributed by atoms with E-state index in [2.05, 4.69) is 0 Å². The van der Waals surface area contributed by atoms with Crippen LogP contribution < -0.4 is 10.5 Å². The van der Waals surface area contributed by atoms with Crippen molar-refractivity contribution in [3.8, 4) is 11.5 Å². The van der Waals surface area contributed by atoms with Gasteiger partial charge >= 0.3 is 0 Å². The number of ketones is 1. The number of rotatable bonds is 3. The minimum Gasteiger partial charge on any atom is -0.504 e. The Morgan fingerprint density at radius 1 is 1.67 bits per heavy atom. The highest BCUT2D eigenvalue weighted by atomic mass is 35.5. The van der Waals surface area contributed by atoms with Gasteiger partial charge in [0.05, 0.1) is 24.2 Å². The van der Waals surface area contributed by atoms with Crippen LogP contribution in [-0.2, 0) is 0 Å². The van der Waals surface area contributed by atoms with Gasteiger partial charge in [0.2, 0.25) is 0 Å². The fourth-order valence-corrected chi connectivity index (χ4v) is 1.51. The molecule has 5 heteroatoms. The van der Waals surface area contributed by atoms with Crippen LogP contribution in [0.15, 0.2) is 6.07 Å². The van der Waals surface area contributed by atoms with E-state index in [-0.39, 0.29) is 28.6 Å². The molecule has 0 heterocycles. The van der Waals surface area contributed by atoms with Gasteiger partial charge in [-0.2, -0.15) is 0 Å². The molecule has 0 saturated carbocycles. The number of methoxy groups -OCH3 is 1. The number of hydrogen-bond donors (Lipinski definition) is 2. The Balaban J connectivity index is 3.47. The van der Waals surface area contributed by atoms with Crippen molar-refractivity contribution in [1.29, 1.82) is 0 Å². The zero-order valence-corrected chi connectivity index (χ0v) is 9.26. The topological polar surface area (TPSA) is 72.5 Å². The number of phenolic OH excluding ortho intramolecular Hbond substituents is 1. The third-order valence-electron chi connectivity index (χ3n) is 2.07. The summed E-state index contributed by atoms with van der Waals surface area (Å²) in [5, 5.41) is 9.92. The number of halogens is 1. The second-order valence-corrected chi connectivity index (χ2v) is 3.44. The lowest BCUT2D eigenvalue weighted by Gasteiger charge is -2.11. The molecule has 82 valence electrons. The van der Waals surface area contributed by atoms with Crippen molar-refractivity contribution in [2.45, 2.75) is 6.92 Å². The number of aryl methyl sites for hydroxylation is 1. The molecule has 0 saturated heterocycles. The fourth-order valence-electron chi connectivity index (χ4n) is 1.26.